The Morgan fingerprint density at radius 3 is 2.40 bits per heavy atom. The minimum absolute atomic E-state index is 0.394. The minimum atomic E-state index is 0.394. The summed E-state index contributed by atoms with van der Waals surface area (Å²) in [6.45, 7) is 0.548. The summed E-state index contributed by atoms with van der Waals surface area (Å²) in [5.41, 5.74) is 2.29. The molecule has 0 fully saturated rings. The molecule has 0 N–H and O–H groups in total. The molecule has 0 spiro atoms. The summed E-state index contributed by atoms with van der Waals surface area (Å²) in [6, 6.07) is 19.1. The first-order valence-electron chi connectivity index (χ1n) is 6.15. The Bertz CT molecular complexity index is 668. The van der Waals surface area contributed by atoms with E-state index in [1.807, 2.05) is 41.3 Å². The number of nitrogens with zero attached hydrogens (tertiary/aromatic N) is 3. The third-order valence-corrected chi connectivity index (χ3v) is 3.19. The minimum Gasteiger partial charge on any atom is -0.339 e. The number of nitriles is 2. The Labute approximate surface area is 123 Å². The van der Waals surface area contributed by atoms with Gasteiger partial charge in [0, 0.05) is 12.2 Å². The average molecular weight is 282 g/mol. The van der Waals surface area contributed by atoms with Gasteiger partial charge in [-0.1, -0.05) is 29.8 Å². The van der Waals surface area contributed by atoms with E-state index in [1.165, 1.54) is 0 Å². The molecule has 0 aliphatic carbocycles. The molecular formula is C16H12ClN3. The van der Waals surface area contributed by atoms with Gasteiger partial charge in [0.25, 0.3) is 0 Å². The molecule has 0 heterocycles. The fraction of sp³-hybridized carbons (Fsp3) is 0.125. The smallest absolute Gasteiger partial charge is 0.0992 e. The zero-order valence-electron chi connectivity index (χ0n) is 10.8. The van der Waals surface area contributed by atoms with Gasteiger partial charge in [-0.3, -0.25) is 0 Å². The summed E-state index contributed by atoms with van der Waals surface area (Å²) in [4.78, 5) is 1.98. The van der Waals surface area contributed by atoms with E-state index in [0.717, 1.165) is 11.4 Å². The van der Waals surface area contributed by atoms with Crippen LogP contribution in [0.2, 0.25) is 5.02 Å². The highest BCUT2D eigenvalue weighted by Crippen LogP contribution is 2.32. The molecule has 4 heteroatoms. The van der Waals surface area contributed by atoms with Gasteiger partial charge in [0.15, 0.2) is 0 Å². The van der Waals surface area contributed by atoms with Gasteiger partial charge >= 0.3 is 0 Å². The Hall–Kier alpha value is -2.49. The number of hydrogen-bond donors (Lipinski definition) is 0. The standard InChI is InChI=1S/C16H12ClN3/c17-15-11-13(12-19)7-8-16(15)20(10-4-9-18)14-5-2-1-3-6-14/h1-3,5-8,11H,4,10H2. The van der Waals surface area contributed by atoms with Crippen molar-refractivity contribution in [3.63, 3.8) is 0 Å². The monoisotopic (exact) mass is 281 g/mol. The molecule has 0 atom stereocenters. The Balaban J connectivity index is 2.42. The van der Waals surface area contributed by atoms with Crippen LogP contribution in [0.4, 0.5) is 11.4 Å². The van der Waals surface area contributed by atoms with Crippen molar-refractivity contribution in [2.75, 3.05) is 11.4 Å². The molecule has 0 saturated carbocycles. The van der Waals surface area contributed by atoms with Crippen LogP contribution in [0, 0.1) is 22.7 Å². The van der Waals surface area contributed by atoms with Crippen LogP contribution in [0.25, 0.3) is 0 Å². The van der Waals surface area contributed by atoms with E-state index in [1.54, 1.807) is 12.1 Å². The van der Waals surface area contributed by atoms with Crippen molar-refractivity contribution in [2.24, 2.45) is 0 Å². The maximum atomic E-state index is 8.88. The normalized spacial score (nSPS) is 9.55. The average Bonchev–Trinajstić information content (AvgIpc) is 2.50. The van der Waals surface area contributed by atoms with E-state index in [4.69, 9.17) is 22.1 Å². The number of para-hydroxylation sites is 1. The summed E-state index contributed by atoms with van der Waals surface area (Å²) in [5.74, 6) is 0. The highest BCUT2D eigenvalue weighted by molar-refractivity contribution is 6.33. The molecule has 0 amide bonds. The zero-order chi connectivity index (χ0) is 14.4. The predicted octanol–water partition coefficient (Wildman–Crippen LogP) is 4.26. The maximum Gasteiger partial charge on any atom is 0.0992 e. The molecule has 0 aliphatic heterocycles. The fourth-order valence-corrected chi connectivity index (χ4v) is 2.24. The van der Waals surface area contributed by atoms with E-state index in [-0.39, 0.29) is 0 Å². The van der Waals surface area contributed by atoms with E-state index in [9.17, 15) is 0 Å². The first-order valence-corrected chi connectivity index (χ1v) is 6.53. The topological polar surface area (TPSA) is 50.8 Å². The quantitative estimate of drug-likeness (QED) is 0.841. The van der Waals surface area contributed by atoms with Crippen LogP contribution in [-0.4, -0.2) is 6.54 Å². The second-order valence-electron chi connectivity index (χ2n) is 4.17. The number of anilines is 2. The molecule has 2 rings (SSSR count). The maximum absolute atomic E-state index is 8.88. The van der Waals surface area contributed by atoms with Gasteiger partial charge in [0.1, 0.15) is 0 Å². The number of rotatable bonds is 4. The molecule has 2 aromatic rings. The van der Waals surface area contributed by atoms with Crippen molar-refractivity contribution in [1.82, 2.24) is 0 Å². The first-order chi connectivity index (χ1) is 9.76. The largest absolute Gasteiger partial charge is 0.339 e. The Morgan fingerprint density at radius 1 is 1.05 bits per heavy atom. The summed E-state index contributed by atoms with van der Waals surface area (Å²) in [7, 11) is 0. The van der Waals surface area contributed by atoms with Gasteiger partial charge < -0.3 is 4.90 Å². The van der Waals surface area contributed by atoms with E-state index in [2.05, 4.69) is 12.1 Å². The van der Waals surface area contributed by atoms with Crippen LogP contribution >= 0.6 is 11.6 Å². The Morgan fingerprint density at radius 2 is 1.80 bits per heavy atom. The van der Waals surface area contributed by atoms with Crippen LogP contribution in [0.1, 0.15) is 12.0 Å². The van der Waals surface area contributed by atoms with Crippen molar-refractivity contribution in [3.05, 3.63) is 59.1 Å². The molecule has 0 aromatic heterocycles. The van der Waals surface area contributed by atoms with Crippen LogP contribution < -0.4 is 4.90 Å². The van der Waals surface area contributed by atoms with Crippen LogP contribution in [0.15, 0.2) is 48.5 Å². The molecule has 20 heavy (non-hydrogen) atoms. The molecule has 0 saturated heterocycles. The van der Waals surface area contributed by atoms with E-state index in [0.29, 0.717) is 23.6 Å². The summed E-state index contributed by atoms with van der Waals surface area (Å²) >= 11 is 6.26. The molecule has 0 bridgehead atoms. The molecule has 0 aliphatic rings. The fourth-order valence-electron chi connectivity index (χ4n) is 1.95. The Kier molecular flexibility index (Phi) is 4.60. The molecular weight excluding hydrogens is 270 g/mol. The zero-order valence-corrected chi connectivity index (χ0v) is 11.5. The third-order valence-electron chi connectivity index (χ3n) is 2.88. The van der Waals surface area contributed by atoms with Crippen molar-refractivity contribution in [3.8, 4) is 12.1 Å². The van der Waals surface area contributed by atoms with E-state index >= 15 is 0 Å². The van der Waals surface area contributed by atoms with Crippen molar-refractivity contribution in [2.45, 2.75) is 6.42 Å². The van der Waals surface area contributed by atoms with Crippen molar-refractivity contribution >= 4 is 23.0 Å². The molecule has 98 valence electrons. The SMILES string of the molecule is N#CCCN(c1ccccc1)c1ccc(C#N)cc1Cl. The lowest BCUT2D eigenvalue weighted by Gasteiger charge is -2.25. The van der Waals surface area contributed by atoms with E-state index < -0.39 is 0 Å². The van der Waals surface area contributed by atoms with Gasteiger partial charge in [0.05, 0.1) is 34.8 Å². The van der Waals surface area contributed by atoms with Crippen LogP contribution in [0.3, 0.4) is 0 Å². The highest BCUT2D eigenvalue weighted by Gasteiger charge is 2.12. The lowest BCUT2D eigenvalue weighted by Crippen LogP contribution is -2.18. The molecule has 0 unspecified atom stereocenters. The number of hydrogen-bond acceptors (Lipinski definition) is 3. The van der Waals surface area contributed by atoms with Gasteiger partial charge in [0.2, 0.25) is 0 Å². The summed E-state index contributed by atoms with van der Waals surface area (Å²) < 4.78 is 0. The van der Waals surface area contributed by atoms with Crippen molar-refractivity contribution < 1.29 is 0 Å². The summed E-state index contributed by atoms with van der Waals surface area (Å²) in [6.07, 6.45) is 0.394. The number of benzene rings is 2. The third kappa shape index (κ3) is 3.09. The molecule has 2 aromatic carbocycles. The van der Waals surface area contributed by atoms with Crippen LogP contribution in [0.5, 0.6) is 0 Å². The number of halogens is 1. The summed E-state index contributed by atoms with van der Waals surface area (Å²) in [5, 5.41) is 18.2. The van der Waals surface area contributed by atoms with Gasteiger partial charge in [-0.25, -0.2) is 0 Å². The van der Waals surface area contributed by atoms with Crippen molar-refractivity contribution in [1.29, 1.82) is 10.5 Å². The molecule has 0 radical (unpaired) electrons. The lowest BCUT2D eigenvalue weighted by molar-refractivity contribution is 0.948. The highest BCUT2D eigenvalue weighted by atomic mass is 35.5. The van der Waals surface area contributed by atoms with Crippen LogP contribution in [-0.2, 0) is 0 Å². The second-order valence-corrected chi connectivity index (χ2v) is 4.58. The van der Waals surface area contributed by atoms with Gasteiger partial charge in [-0.15, -0.1) is 0 Å². The van der Waals surface area contributed by atoms with Gasteiger partial charge in [-0.2, -0.15) is 10.5 Å². The second kappa shape index (κ2) is 6.61. The van der Waals surface area contributed by atoms with Gasteiger partial charge in [-0.05, 0) is 30.3 Å². The lowest BCUT2D eigenvalue weighted by atomic mass is 10.2. The predicted molar refractivity (Wildman–Crippen MR) is 79.8 cm³/mol. The first kappa shape index (κ1) is 13.9. The molecule has 3 nitrogen and oxygen atoms in total.